The molecule has 1 aromatic heterocycles. The average Bonchev–Trinajstić information content (AvgIpc) is 3.21. The maximum atomic E-state index is 13.8. The number of ether oxygens (including phenoxy) is 1. The fraction of sp³-hybridized carbons (Fsp3) is 0.476. The van der Waals surface area contributed by atoms with E-state index >= 15 is 0 Å². The van der Waals surface area contributed by atoms with Gasteiger partial charge in [-0.15, -0.1) is 0 Å². The number of amides is 2. The van der Waals surface area contributed by atoms with E-state index in [1.807, 2.05) is 0 Å². The van der Waals surface area contributed by atoms with Crippen LogP contribution in [0.2, 0.25) is 0 Å². The van der Waals surface area contributed by atoms with E-state index in [-0.39, 0.29) is 24.6 Å². The molecule has 0 bridgehead atoms. The summed E-state index contributed by atoms with van der Waals surface area (Å²) in [7, 11) is 0. The topological polar surface area (TPSA) is 67.7 Å². The molecule has 1 atom stereocenters. The molecule has 0 spiro atoms. The maximum absolute atomic E-state index is 13.8. The largest absolute Gasteiger partial charge is 0.441 e. The van der Waals surface area contributed by atoms with Crippen molar-refractivity contribution in [1.29, 1.82) is 0 Å². The Morgan fingerprint density at radius 3 is 2.66 bits per heavy atom. The maximum Gasteiger partial charge on any atom is 0.415 e. The third-order valence-corrected chi connectivity index (χ3v) is 5.66. The molecule has 0 radical (unpaired) electrons. The van der Waals surface area contributed by atoms with Crippen LogP contribution in [-0.2, 0) is 29.0 Å². The van der Waals surface area contributed by atoms with Gasteiger partial charge in [0, 0.05) is 6.04 Å². The number of hydrogen-bond acceptors (Lipinski definition) is 4. The molecule has 32 heavy (non-hydrogen) atoms. The molecule has 1 fully saturated rings. The molecule has 172 valence electrons. The molecule has 2 amide bonds. The van der Waals surface area contributed by atoms with Gasteiger partial charge in [-0.25, -0.2) is 22.4 Å². The lowest BCUT2D eigenvalue weighted by atomic mass is 10.0. The second-order valence-electron chi connectivity index (χ2n) is 8.70. The summed E-state index contributed by atoms with van der Waals surface area (Å²) >= 11 is 0. The summed E-state index contributed by atoms with van der Waals surface area (Å²) in [5, 5.41) is 4.32. The number of carbonyl (C=O) groups is 2. The van der Waals surface area contributed by atoms with Gasteiger partial charge in [0.15, 0.2) is 11.6 Å². The second kappa shape index (κ2) is 7.79. The van der Waals surface area contributed by atoms with Gasteiger partial charge in [0.1, 0.15) is 5.60 Å². The average molecular weight is 454 g/mol. The third-order valence-electron chi connectivity index (χ3n) is 5.66. The number of cyclic esters (lactones) is 1. The lowest BCUT2D eigenvalue weighted by Crippen LogP contribution is -2.46. The fourth-order valence-electron chi connectivity index (χ4n) is 4.10. The minimum atomic E-state index is -3.20. The van der Waals surface area contributed by atoms with E-state index in [0.29, 0.717) is 24.5 Å². The van der Waals surface area contributed by atoms with Crippen molar-refractivity contribution in [1.82, 2.24) is 14.7 Å². The number of aromatic nitrogens is 2. The highest BCUT2D eigenvalue weighted by Crippen LogP contribution is 2.33. The van der Waals surface area contributed by atoms with Crippen LogP contribution in [0.1, 0.15) is 44.0 Å². The van der Waals surface area contributed by atoms with Gasteiger partial charge in [-0.3, -0.25) is 14.4 Å². The summed E-state index contributed by atoms with van der Waals surface area (Å²) in [6.45, 7) is 6.16. The van der Waals surface area contributed by atoms with Crippen molar-refractivity contribution < 1.29 is 31.9 Å². The Balaban J connectivity index is 1.57. The molecule has 2 aliphatic heterocycles. The van der Waals surface area contributed by atoms with Crippen LogP contribution in [0.15, 0.2) is 18.3 Å². The molecule has 3 heterocycles. The van der Waals surface area contributed by atoms with Gasteiger partial charge in [0.25, 0.3) is 6.43 Å². The zero-order valence-electron chi connectivity index (χ0n) is 17.7. The molecule has 2 aromatic rings. The van der Waals surface area contributed by atoms with Crippen molar-refractivity contribution in [2.24, 2.45) is 0 Å². The van der Waals surface area contributed by atoms with Crippen molar-refractivity contribution in [2.45, 2.75) is 58.3 Å². The van der Waals surface area contributed by atoms with E-state index in [9.17, 15) is 27.2 Å². The standard InChI is InChI=1S/C21H22F4N4O3/c1-11-8-29-16(15(7-26-29)28-10-21(2,3)32-20(28)31)9-27(11)17(30)6-12-4-13(19(24)25)18(23)14(22)5-12/h4-5,7,11,19H,6,8-10H2,1-3H3/t11-/m0/s1. The number of fused-ring (bicyclic) bond motifs is 1. The van der Waals surface area contributed by atoms with Crippen LogP contribution in [-0.4, -0.2) is 44.9 Å². The molecule has 4 rings (SSSR count). The number of rotatable bonds is 4. The Morgan fingerprint density at radius 2 is 2.03 bits per heavy atom. The zero-order chi connectivity index (χ0) is 23.4. The number of halogens is 4. The van der Waals surface area contributed by atoms with E-state index in [2.05, 4.69) is 5.10 Å². The molecule has 0 unspecified atom stereocenters. The molecule has 2 aliphatic rings. The normalized spacial score (nSPS) is 20.0. The van der Waals surface area contributed by atoms with Crippen molar-refractivity contribution in [3.63, 3.8) is 0 Å². The van der Waals surface area contributed by atoms with Crippen molar-refractivity contribution in [3.8, 4) is 0 Å². The van der Waals surface area contributed by atoms with Gasteiger partial charge >= 0.3 is 6.09 Å². The van der Waals surface area contributed by atoms with Gasteiger partial charge in [0.05, 0.1) is 49.2 Å². The predicted octanol–water partition coefficient (Wildman–Crippen LogP) is 3.81. The Morgan fingerprint density at radius 1 is 1.31 bits per heavy atom. The highest BCUT2D eigenvalue weighted by Gasteiger charge is 2.41. The molecule has 7 nitrogen and oxygen atoms in total. The molecule has 0 N–H and O–H groups in total. The third kappa shape index (κ3) is 3.91. The van der Waals surface area contributed by atoms with Crippen LogP contribution in [0.4, 0.5) is 28.0 Å². The lowest BCUT2D eigenvalue weighted by molar-refractivity contribution is -0.134. The van der Waals surface area contributed by atoms with Gasteiger partial charge < -0.3 is 9.64 Å². The number of alkyl halides is 2. The minimum Gasteiger partial charge on any atom is -0.441 e. The molecule has 0 saturated carbocycles. The molecular weight excluding hydrogens is 432 g/mol. The van der Waals surface area contributed by atoms with E-state index < -0.39 is 41.2 Å². The predicted molar refractivity (Wildman–Crippen MR) is 105 cm³/mol. The molecular formula is C21H22F4N4O3. The Kier molecular flexibility index (Phi) is 5.38. The van der Waals surface area contributed by atoms with Crippen LogP contribution in [0.5, 0.6) is 0 Å². The van der Waals surface area contributed by atoms with Crippen molar-refractivity contribution >= 4 is 17.7 Å². The Bertz CT molecular complexity index is 1090. The first-order chi connectivity index (χ1) is 15.0. The number of carbonyl (C=O) groups excluding carboxylic acids is 2. The van der Waals surface area contributed by atoms with E-state index in [0.717, 1.165) is 12.1 Å². The Labute approximate surface area is 181 Å². The lowest BCUT2D eigenvalue weighted by Gasteiger charge is -2.35. The van der Waals surface area contributed by atoms with Crippen molar-refractivity contribution in [3.05, 3.63) is 46.8 Å². The van der Waals surface area contributed by atoms with E-state index in [1.165, 1.54) is 9.80 Å². The smallest absolute Gasteiger partial charge is 0.415 e. The summed E-state index contributed by atoms with van der Waals surface area (Å²) in [6, 6.07) is 1.28. The monoisotopic (exact) mass is 454 g/mol. The van der Waals surface area contributed by atoms with Gasteiger partial charge in [-0.05, 0) is 38.5 Å². The minimum absolute atomic E-state index is 0.0411. The number of hydrogen-bond donors (Lipinski definition) is 0. The summed E-state index contributed by atoms with van der Waals surface area (Å²) in [4.78, 5) is 28.2. The van der Waals surface area contributed by atoms with Gasteiger partial charge in [-0.2, -0.15) is 5.10 Å². The summed E-state index contributed by atoms with van der Waals surface area (Å²) < 4.78 is 60.4. The van der Waals surface area contributed by atoms with Crippen LogP contribution in [0, 0.1) is 11.6 Å². The first kappa shape index (κ1) is 22.1. The fourth-order valence-corrected chi connectivity index (χ4v) is 4.10. The van der Waals surface area contributed by atoms with Crippen LogP contribution in [0.3, 0.4) is 0 Å². The molecule has 11 heteroatoms. The summed E-state index contributed by atoms with van der Waals surface area (Å²) in [5.74, 6) is -3.48. The molecule has 1 saturated heterocycles. The summed E-state index contributed by atoms with van der Waals surface area (Å²) in [5.41, 5.74) is -0.628. The zero-order valence-corrected chi connectivity index (χ0v) is 17.7. The number of anilines is 1. The van der Waals surface area contributed by atoms with Crippen LogP contribution >= 0.6 is 0 Å². The van der Waals surface area contributed by atoms with Crippen LogP contribution < -0.4 is 4.90 Å². The van der Waals surface area contributed by atoms with Crippen molar-refractivity contribution in [2.75, 3.05) is 11.4 Å². The first-order valence-electron chi connectivity index (χ1n) is 10.1. The number of benzene rings is 1. The highest BCUT2D eigenvalue weighted by molar-refractivity contribution is 5.91. The van der Waals surface area contributed by atoms with Gasteiger partial charge in [0.2, 0.25) is 5.91 Å². The second-order valence-corrected chi connectivity index (χ2v) is 8.70. The highest BCUT2D eigenvalue weighted by atomic mass is 19.3. The summed E-state index contributed by atoms with van der Waals surface area (Å²) in [6.07, 6.45) is -2.54. The number of nitrogens with zero attached hydrogens (tertiary/aromatic N) is 4. The molecule has 1 aromatic carbocycles. The molecule has 0 aliphatic carbocycles. The van der Waals surface area contributed by atoms with Gasteiger partial charge in [-0.1, -0.05) is 0 Å². The SMILES string of the molecule is C[C@H]1Cn2ncc(N3CC(C)(C)OC3=O)c2CN1C(=O)Cc1cc(F)c(F)c(C(F)F)c1. The first-order valence-corrected chi connectivity index (χ1v) is 10.1. The quantitative estimate of drug-likeness (QED) is 0.659. The van der Waals surface area contributed by atoms with E-state index in [4.69, 9.17) is 4.74 Å². The van der Waals surface area contributed by atoms with E-state index in [1.54, 1.807) is 31.6 Å². The Hall–Kier alpha value is -3.11. The van der Waals surface area contributed by atoms with Crippen LogP contribution in [0.25, 0.3) is 0 Å².